The first kappa shape index (κ1) is 7.03. The summed E-state index contributed by atoms with van der Waals surface area (Å²) in [5.74, 6) is 0. The van der Waals surface area contributed by atoms with Crippen LogP contribution in [0.4, 0.5) is 0 Å². The highest BCUT2D eigenvalue weighted by Crippen LogP contribution is 2.09. The zero-order chi connectivity index (χ0) is 6.53. The Morgan fingerprint density at radius 3 is 2.56 bits per heavy atom. The highest BCUT2D eigenvalue weighted by Gasteiger charge is 2.11. The largest absolute Gasteiger partial charge is 0.353 e. The molecule has 0 amide bonds. The van der Waals surface area contributed by atoms with E-state index in [9.17, 15) is 0 Å². The minimum Gasteiger partial charge on any atom is -0.353 e. The van der Waals surface area contributed by atoms with Crippen molar-refractivity contribution in [2.45, 2.75) is 25.6 Å². The van der Waals surface area contributed by atoms with Crippen LogP contribution in [0.5, 0.6) is 0 Å². The van der Waals surface area contributed by atoms with Crippen LogP contribution in [0.2, 0.25) is 0 Å². The highest BCUT2D eigenvalue weighted by molar-refractivity contribution is 4.52. The van der Waals surface area contributed by atoms with E-state index in [1.807, 2.05) is 0 Å². The van der Waals surface area contributed by atoms with E-state index in [0.717, 1.165) is 32.5 Å². The third kappa shape index (κ3) is 2.33. The van der Waals surface area contributed by atoms with E-state index in [4.69, 9.17) is 9.47 Å². The number of hydrogen-bond donors (Lipinski definition) is 0. The number of rotatable bonds is 2. The minimum absolute atomic E-state index is 0.0382. The molecule has 0 aromatic rings. The zero-order valence-corrected chi connectivity index (χ0v) is 5.64. The Morgan fingerprint density at radius 1 is 1.33 bits per heavy atom. The summed E-state index contributed by atoms with van der Waals surface area (Å²) < 4.78 is 10.5. The van der Waals surface area contributed by atoms with E-state index >= 15 is 0 Å². The molecule has 0 saturated carbocycles. The SMILES string of the molecule is [CH2]CCC1OCCCO1. The molecule has 53 valence electrons. The van der Waals surface area contributed by atoms with Gasteiger partial charge < -0.3 is 9.47 Å². The van der Waals surface area contributed by atoms with Gasteiger partial charge in [0.2, 0.25) is 0 Å². The summed E-state index contributed by atoms with van der Waals surface area (Å²) in [7, 11) is 0. The highest BCUT2D eigenvalue weighted by atomic mass is 16.7. The van der Waals surface area contributed by atoms with Crippen molar-refractivity contribution in [3.8, 4) is 0 Å². The van der Waals surface area contributed by atoms with Crippen LogP contribution >= 0.6 is 0 Å². The van der Waals surface area contributed by atoms with Crippen LogP contribution in [-0.4, -0.2) is 19.5 Å². The number of ether oxygens (including phenoxy) is 2. The Balaban J connectivity index is 2.08. The smallest absolute Gasteiger partial charge is 0.157 e. The average molecular weight is 129 g/mol. The predicted molar refractivity (Wildman–Crippen MR) is 34.9 cm³/mol. The van der Waals surface area contributed by atoms with Crippen molar-refractivity contribution < 1.29 is 9.47 Å². The van der Waals surface area contributed by atoms with Crippen LogP contribution in [0, 0.1) is 6.92 Å². The predicted octanol–water partition coefficient (Wildman–Crippen LogP) is 1.36. The fraction of sp³-hybridized carbons (Fsp3) is 0.857. The molecule has 0 aliphatic carbocycles. The lowest BCUT2D eigenvalue weighted by Crippen LogP contribution is -2.24. The van der Waals surface area contributed by atoms with Gasteiger partial charge in [0.25, 0.3) is 0 Å². The van der Waals surface area contributed by atoms with Crippen LogP contribution in [0.25, 0.3) is 0 Å². The maximum Gasteiger partial charge on any atom is 0.157 e. The Kier molecular flexibility index (Phi) is 3.01. The molecule has 0 spiro atoms. The van der Waals surface area contributed by atoms with Gasteiger partial charge in [0.1, 0.15) is 0 Å². The topological polar surface area (TPSA) is 18.5 Å². The molecule has 2 heteroatoms. The van der Waals surface area contributed by atoms with E-state index in [2.05, 4.69) is 6.92 Å². The average Bonchev–Trinajstić information content (AvgIpc) is 1.91. The summed E-state index contributed by atoms with van der Waals surface area (Å²) in [6, 6.07) is 0. The fourth-order valence-corrected chi connectivity index (χ4v) is 0.870. The molecule has 1 saturated heterocycles. The zero-order valence-electron chi connectivity index (χ0n) is 5.64. The standard InChI is InChI=1S/C7H13O2/c1-2-4-7-8-5-3-6-9-7/h7H,1-6H2. The van der Waals surface area contributed by atoms with Crippen molar-refractivity contribution in [1.82, 2.24) is 0 Å². The molecule has 1 aliphatic heterocycles. The normalized spacial score (nSPS) is 22.3. The molecule has 1 fully saturated rings. The van der Waals surface area contributed by atoms with Crippen molar-refractivity contribution in [2.24, 2.45) is 0 Å². The molecule has 1 rings (SSSR count). The van der Waals surface area contributed by atoms with Gasteiger partial charge in [0.15, 0.2) is 6.29 Å². The fourth-order valence-electron chi connectivity index (χ4n) is 0.870. The first-order valence-electron chi connectivity index (χ1n) is 3.46. The van der Waals surface area contributed by atoms with Crippen molar-refractivity contribution in [3.63, 3.8) is 0 Å². The van der Waals surface area contributed by atoms with Gasteiger partial charge in [-0.05, 0) is 19.3 Å². The maximum absolute atomic E-state index is 5.26. The Hall–Kier alpha value is -0.0800. The second-order valence-corrected chi connectivity index (χ2v) is 2.17. The van der Waals surface area contributed by atoms with E-state index in [1.54, 1.807) is 0 Å². The summed E-state index contributed by atoms with van der Waals surface area (Å²) in [6.07, 6.45) is 2.90. The lowest BCUT2D eigenvalue weighted by molar-refractivity contribution is -0.180. The second kappa shape index (κ2) is 3.85. The quantitative estimate of drug-likeness (QED) is 0.560. The molecule has 0 aromatic carbocycles. The molecule has 1 heterocycles. The summed E-state index contributed by atoms with van der Waals surface area (Å²) >= 11 is 0. The van der Waals surface area contributed by atoms with Crippen LogP contribution in [0.3, 0.4) is 0 Å². The molecule has 1 radical (unpaired) electrons. The molecule has 0 N–H and O–H groups in total. The molecular weight excluding hydrogens is 116 g/mol. The molecule has 0 atom stereocenters. The van der Waals surface area contributed by atoms with E-state index < -0.39 is 0 Å². The van der Waals surface area contributed by atoms with Crippen molar-refractivity contribution in [1.29, 1.82) is 0 Å². The van der Waals surface area contributed by atoms with Gasteiger partial charge in [-0.2, -0.15) is 0 Å². The van der Waals surface area contributed by atoms with Crippen molar-refractivity contribution in [3.05, 3.63) is 6.92 Å². The van der Waals surface area contributed by atoms with Gasteiger partial charge in [-0.25, -0.2) is 0 Å². The van der Waals surface area contributed by atoms with Crippen molar-refractivity contribution in [2.75, 3.05) is 13.2 Å². The monoisotopic (exact) mass is 129 g/mol. The summed E-state index contributed by atoms with van der Waals surface area (Å²) in [6.45, 7) is 5.42. The molecular formula is C7H13O2. The van der Waals surface area contributed by atoms with Gasteiger partial charge in [-0.15, -0.1) is 0 Å². The van der Waals surface area contributed by atoms with Crippen LogP contribution in [0.15, 0.2) is 0 Å². The molecule has 0 bridgehead atoms. The molecule has 2 nitrogen and oxygen atoms in total. The van der Waals surface area contributed by atoms with Gasteiger partial charge in [0, 0.05) is 0 Å². The van der Waals surface area contributed by atoms with Crippen LogP contribution in [0.1, 0.15) is 19.3 Å². The van der Waals surface area contributed by atoms with Gasteiger partial charge >= 0.3 is 0 Å². The summed E-state index contributed by atoms with van der Waals surface area (Å²) in [5, 5.41) is 0. The third-order valence-electron chi connectivity index (χ3n) is 1.34. The Bertz CT molecular complexity index is 64.6. The van der Waals surface area contributed by atoms with E-state index in [1.165, 1.54) is 0 Å². The van der Waals surface area contributed by atoms with Crippen molar-refractivity contribution >= 4 is 0 Å². The first-order chi connectivity index (χ1) is 4.43. The molecule has 0 aromatic heterocycles. The van der Waals surface area contributed by atoms with E-state index in [-0.39, 0.29) is 6.29 Å². The lowest BCUT2D eigenvalue weighted by Gasteiger charge is -2.22. The third-order valence-corrected chi connectivity index (χ3v) is 1.34. The Morgan fingerprint density at radius 2 is 2.00 bits per heavy atom. The minimum atomic E-state index is 0.0382. The van der Waals surface area contributed by atoms with Crippen LogP contribution in [-0.2, 0) is 9.47 Å². The Labute approximate surface area is 56.2 Å². The molecule has 1 aliphatic rings. The molecule has 9 heavy (non-hydrogen) atoms. The lowest BCUT2D eigenvalue weighted by atomic mass is 10.3. The van der Waals surface area contributed by atoms with Gasteiger partial charge in [0.05, 0.1) is 13.2 Å². The first-order valence-corrected chi connectivity index (χ1v) is 3.46. The second-order valence-electron chi connectivity index (χ2n) is 2.17. The summed E-state index contributed by atoms with van der Waals surface area (Å²) in [5.41, 5.74) is 0. The van der Waals surface area contributed by atoms with Gasteiger partial charge in [-0.3, -0.25) is 0 Å². The van der Waals surface area contributed by atoms with Crippen LogP contribution < -0.4 is 0 Å². The maximum atomic E-state index is 5.26. The summed E-state index contributed by atoms with van der Waals surface area (Å²) in [4.78, 5) is 0. The molecule has 0 unspecified atom stereocenters. The number of hydrogen-bond acceptors (Lipinski definition) is 2. The van der Waals surface area contributed by atoms with E-state index in [0.29, 0.717) is 0 Å². The van der Waals surface area contributed by atoms with Gasteiger partial charge in [-0.1, -0.05) is 6.92 Å².